The zero-order valence-corrected chi connectivity index (χ0v) is 15.8. The van der Waals surface area contributed by atoms with Crippen molar-refractivity contribution < 1.29 is 14.6 Å². The number of aromatic hydroxyl groups is 1. The summed E-state index contributed by atoms with van der Waals surface area (Å²) in [5.74, 6) is 0.483. The monoisotopic (exact) mass is 364 g/mol. The predicted octanol–water partition coefficient (Wildman–Crippen LogP) is 3.59. The van der Waals surface area contributed by atoms with E-state index in [9.17, 15) is 9.90 Å². The molecular formula is C22H24N2O3. The van der Waals surface area contributed by atoms with Gasteiger partial charge in [0.1, 0.15) is 11.5 Å². The molecule has 1 atom stereocenters. The lowest BCUT2D eigenvalue weighted by atomic mass is 10.0. The van der Waals surface area contributed by atoms with Crippen LogP contribution in [0.1, 0.15) is 22.0 Å². The van der Waals surface area contributed by atoms with E-state index in [2.05, 4.69) is 5.32 Å². The molecule has 1 amide bonds. The lowest BCUT2D eigenvalue weighted by Gasteiger charge is -2.25. The van der Waals surface area contributed by atoms with Crippen LogP contribution in [-0.4, -0.2) is 43.7 Å². The molecule has 0 unspecified atom stereocenters. The summed E-state index contributed by atoms with van der Waals surface area (Å²) < 4.78 is 5.20. The van der Waals surface area contributed by atoms with Crippen LogP contribution in [0.2, 0.25) is 0 Å². The molecular weight excluding hydrogens is 340 g/mol. The molecule has 0 heterocycles. The lowest BCUT2D eigenvalue weighted by molar-refractivity contribution is 0.0939. The third-order valence-corrected chi connectivity index (χ3v) is 4.69. The molecule has 0 bridgehead atoms. The standard InChI is InChI=1S/C22H24N2O3/c1-24(2)20(15-8-10-18(27-3)11-9-15)14-23-22(26)19-12-16-6-4-5-7-17(16)13-21(19)25/h4-13,20,25H,14H2,1-3H3,(H,23,26)/t20-/m0/s1. The van der Waals surface area contributed by atoms with Crippen LogP contribution in [0.4, 0.5) is 0 Å². The number of methoxy groups -OCH3 is 1. The number of ether oxygens (including phenoxy) is 1. The first-order valence-electron chi connectivity index (χ1n) is 8.80. The van der Waals surface area contributed by atoms with Crippen LogP contribution in [0.15, 0.2) is 60.7 Å². The van der Waals surface area contributed by atoms with Crippen LogP contribution in [0.5, 0.6) is 11.5 Å². The first-order chi connectivity index (χ1) is 13.0. The van der Waals surface area contributed by atoms with Gasteiger partial charge in [0.2, 0.25) is 0 Å². The molecule has 3 aromatic carbocycles. The van der Waals surface area contributed by atoms with Crippen LogP contribution in [0.25, 0.3) is 10.8 Å². The van der Waals surface area contributed by atoms with Crippen LogP contribution < -0.4 is 10.1 Å². The summed E-state index contributed by atoms with van der Waals surface area (Å²) in [6, 6.07) is 18.8. The third kappa shape index (κ3) is 4.20. The third-order valence-electron chi connectivity index (χ3n) is 4.69. The Labute approximate surface area is 159 Å². The minimum Gasteiger partial charge on any atom is -0.507 e. The fraction of sp³-hybridized carbons (Fsp3) is 0.227. The number of likely N-dealkylation sites (N-methyl/N-ethyl adjacent to an activating group) is 1. The summed E-state index contributed by atoms with van der Waals surface area (Å²) >= 11 is 0. The van der Waals surface area contributed by atoms with Crippen molar-refractivity contribution in [1.82, 2.24) is 10.2 Å². The number of amides is 1. The second kappa shape index (κ2) is 8.10. The number of benzene rings is 3. The normalized spacial score (nSPS) is 12.1. The maximum Gasteiger partial charge on any atom is 0.255 e. The molecule has 0 radical (unpaired) electrons. The maximum absolute atomic E-state index is 12.7. The van der Waals surface area contributed by atoms with Crippen molar-refractivity contribution in [2.45, 2.75) is 6.04 Å². The van der Waals surface area contributed by atoms with Gasteiger partial charge in [0.15, 0.2) is 0 Å². The van der Waals surface area contributed by atoms with Crippen LogP contribution in [-0.2, 0) is 0 Å². The summed E-state index contributed by atoms with van der Waals surface area (Å²) in [4.78, 5) is 14.7. The number of carbonyl (C=O) groups is 1. The lowest BCUT2D eigenvalue weighted by Crippen LogP contribution is -2.34. The molecule has 140 valence electrons. The van der Waals surface area contributed by atoms with Crippen molar-refractivity contribution in [3.05, 3.63) is 71.8 Å². The molecule has 3 aromatic rings. The average Bonchev–Trinajstić information content (AvgIpc) is 2.67. The van der Waals surface area contributed by atoms with Crippen molar-refractivity contribution >= 4 is 16.7 Å². The van der Waals surface area contributed by atoms with E-state index in [1.807, 2.05) is 67.5 Å². The van der Waals surface area contributed by atoms with Gasteiger partial charge in [-0.25, -0.2) is 0 Å². The van der Waals surface area contributed by atoms with Gasteiger partial charge in [0.05, 0.1) is 18.7 Å². The average molecular weight is 364 g/mol. The van der Waals surface area contributed by atoms with Crippen LogP contribution in [0.3, 0.4) is 0 Å². The van der Waals surface area contributed by atoms with Crippen LogP contribution in [0, 0.1) is 0 Å². The highest BCUT2D eigenvalue weighted by Gasteiger charge is 2.18. The molecule has 27 heavy (non-hydrogen) atoms. The number of hydrogen-bond donors (Lipinski definition) is 2. The topological polar surface area (TPSA) is 61.8 Å². The van der Waals surface area contributed by atoms with E-state index in [1.54, 1.807) is 19.2 Å². The predicted molar refractivity (Wildman–Crippen MR) is 107 cm³/mol. The van der Waals surface area contributed by atoms with Gasteiger partial charge in [0.25, 0.3) is 5.91 Å². The largest absolute Gasteiger partial charge is 0.507 e. The number of phenols is 1. The second-order valence-corrected chi connectivity index (χ2v) is 6.68. The summed E-state index contributed by atoms with van der Waals surface area (Å²) in [5, 5.41) is 15.0. The molecule has 3 rings (SSSR count). The van der Waals surface area contributed by atoms with Crippen LogP contribution >= 0.6 is 0 Å². The quantitative estimate of drug-likeness (QED) is 0.702. The number of phenolic OH excluding ortho intramolecular Hbond substituents is 1. The molecule has 5 nitrogen and oxygen atoms in total. The Balaban J connectivity index is 1.77. The van der Waals surface area contributed by atoms with Gasteiger partial charge >= 0.3 is 0 Å². The Bertz CT molecular complexity index is 936. The van der Waals surface area contributed by atoms with E-state index < -0.39 is 0 Å². The molecule has 0 saturated carbocycles. The number of hydrogen-bond acceptors (Lipinski definition) is 4. The van der Waals surface area contributed by atoms with E-state index in [0.717, 1.165) is 22.1 Å². The Morgan fingerprint density at radius 2 is 1.70 bits per heavy atom. The van der Waals surface area contributed by atoms with Gasteiger partial charge in [-0.1, -0.05) is 36.4 Å². The number of rotatable bonds is 6. The molecule has 0 aromatic heterocycles. The van der Waals surface area contributed by atoms with E-state index in [4.69, 9.17) is 4.74 Å². The zero-order chi connectivity index (χ0) is 19.4. The van der Waals surface area contributed by atoms with Gasteiger partial charge in [-0.05, 0) is 54.7 Å². The van der Waals surface area contributed by atoms with Crippen molar-refractivity contribution in [3.8, 4) is 11.5 Å². The molecule has 0 fully saturated rings. The van der Waals surface area contributed by atoms with Crippen molar-refractivity contribution in [2.75, 3.05) is 27.7 Å². The highest BCUT2D eigenvalue weighted by molar-refractivity contribution is 6.01. The Hall–Kier alpha value is -3.05. The summed E-state index contributed by atoms with van der Waals surface area (Å²) in [7, 11) is 5.57. The summed E-state index contributed by atoms with van der Waals surface area (Å²) in [6.45, 7) is 0.421. The highest BCUT2D eigenvalue weighted by atomic mass is 16.5. The molecule has 0 aliphatic heterocycles. The van der Waals surface area contributed by atoms with Gasteiger partial charge < -0.3 is 20.1 Å². The first kappa shape index (κ1) is 18.7. The molecule has 0 aliphatic rings. The summed E-state index contributed by atoms with van der Waals surface area (Å²) in [5.41, 5.74) is 1.35. The molecule has 0 saturated heterocycles. The Morgan fingerprint density at radius 1 is 1.07 bits per heavy atom. The highest BCUT2D eigenvalue weighted by Crippen LogP contribution is 2.25. The van der Waals surface area contributed by atoms with E-state index in [1.165, 1.54) is 0 Å². The fourth-order valence-corrected chi connectivity index (χ4v) is 3.12. The number of fused-ring (bicyclic) bond motifs is 1. The molecule has 0 aliphatic carbocycles. The molecule has 2 N–H and O–H groups in total. The van der Waals surface area contributed by atoms with E-state index in [-0.39, 0.29) is 23.3 Å². The van der Waals surface area contributed by atoms with Gasteiger partial charge in [-0.3, -0.25) is 4.79 Å². The van der Waals surface area contributed by atoms with Gasteiger partial charge in [-0.2, -0.15) is 0 Å². The second-order valence-electron chi connectivity index (χ2n) is 6.68. The maximum atomic E-state index is 12.7. The van der Waals surface area contributed by atoms with Crippen molar-refractivity contribution in [1.29, 1.82) is 0 Å². The van der Waals surface area contributed by atoms with Crippen molar-refractivity contribution in [2.24, 2.45) is 0 Å². The Kier molecular flexibility index (Phi) is 5.62. The minimum atomic E-state index is -0.293. The number of nitrogens with zero attached hydrogens (tertiary/aromatic N) is 1. The number of nitrogens with one attached hydrogen (secondary N) is 1. The van der Waals surface area contributed by atoms with Gasteiger partial charge in [0, 0.05) is 6.54 Å². The van der Waals surface area contributed by atoms with E-state index >= 15 is 0 Å². The fourth-order valence-electron chi connectivity index (χ4n) is 3.12. The Morgan fingerprint density at radius 3 is 2.30 bits per heavy atom. The molecule has 0 spiro atoms. The minimum absolute atomic E-state index is 0.00227. The number of carbonyl (C=O) groups excluding carboxylic acids is 1. The van der Waals surface area contributed by atoms with Gasteiger partial charge in [-0.15, -0.1) is 0 Å². The molecule has 5 heteroatoms. The smallest absolute Gasteiger partial charge is 0.255 e. The SMILES string of the molecule is COc1ccc([C@H](CNC(=O)c2cc3ccccc3cc2O)N(C)C)cc1. The summed E-state index contributed by atoms with van der Waals surface area (Å²) in [6.07, 6.45) is 0. The van der Waals surface area contributed by atoms with Crippen molar-refractivity contribution in [3.63, 3.8) is 0 Å². The van der Waals surface area contributed by atoms with E-state index in [0.29, 0.717) is 6.54 Å². The first-order valence-corrected chi connectivity index (χ1v) is 8.80. The zero-order valence-electron chi connectivity index (χ0n) is 15.8.